The Kier molecular flexibility index (Phi) is 6.12. The van der Waals surface area contributed by atoms with E-state index < -0.39 is 0 Å². The summed E-state index contributed by atoms with van der Waals surface area (Å²) in [5.41, 5.74) is 3.93. The first-order valence-electron chi connectivity index (χ1n) is 9.38. The van der Waals surface area contributed by atoms with Gasteiger partial charge in [0.15, 0.2) is 6.61 Å². The molecule has 3 rings (SSSR count). The molecule has 0 radical (unpaired) electrons. The summed E-state index contributed by atoms with van der Waals surface area (Å²) >= 11 is 0. The number of benzene rings is 2. The third-order valence-corrected chi connectivity index (χ3v) is 4.79. The van der Waals surface area contributed by atoms with Gasteiger partial charge in [0, 0.05) is 24.8 Å². The van der Waals surface area contributed by atoms with Gasteiger partial charge in [0.2, 0.25) is 5.91 Å². The van der Waals surface area contributed by atoms with Crippen LogP contribution in [0.4, 0.5) is 5.69 Å². The van der Waals surface area contributed by atoms with Gasteiger partial charge in [-0.1, -0.05) is 29.8 Å². The molecule has 1 aliphatic rings. The molecule has 0 bridgehead atoms. The third kappa shape index (κ3) is 5.33. The van der Waals surface area contributed by atoms with Crippen molar-refractivity contribution < 1.29 is 14.3 Å². The standard InChI is InChI=1S/C22H26N2O3/c1-16-8-9-17(2)18(12-16)13-21(25)23-19-6-5-7-20(14-19)27-15-22(26)24-10-3-4-11-24/h5-9,12,14H,3-4,10-11,13,15H2,1-2H3,(H,23,25). The summed E-state index contributed by atoms with van der Waals surface area (Å²) < 4.78 is 5.61. The molecule has 2 aromatic carbocycles. The van der Waals surface area contributed by atoms with E-state index in [1.165, 1.54) is 0 Å². The number of amides is 2. The lowest BCUT2D eigenvalue weighted by molar-refractivity contribution is -0.132. The van der Waals surface area contributed by atoms with Crippen LogP contribution >= 0.6 is 0 Å². The number of anilines is 1. The summed E-state index contributed by atoms with van der Waals surface area (Å²) in [7, 11) is 0. The molecule has 2 amide bonds. The number of nitrogens with zero attached hydrogens (tertiary/aromatic N) is 1. The summed E-state index contributed by atoms with van der Waals surface area (Å²) in [6, 6.07) is 13.3. The van der Waals surface area contributed by atoms with E-state index in [1.54, 1.807) is 12.1 Å². The zero-order valence-electron chi connectivity index (χ0n) is 16.0. The number of hydrogen-bond donors (Lipinski definition) is 1. The summed E-state index contributed by atoms with van der Waals surface area (Å²) in [6.45, 7) is 5.69. The highest BCUT2D eigenvalue weighted by Crippen LogP contribution is 2.19. The Morgan fingerprint density at radius 3 is 2.63 bits per heavy atom. The zero-order chi connectivity index (χ0) is 19.2. The van der Waals surface area contributed by atoms with E-state index in [0.29, 0.717) is 17.9 Å². The number of nitrogens with one attached hydrogen (secondary N) is 1. The van der Waals surface area contributed by atoms with Crippen LogP contribution in [0.25, 0.3) is 0 Å². The van der Waals surface area contributed by atoms with Crippen molar-refractivity contribution in [2.75, 3.05) is 25.0 Å². The molecule has 0 aliphatic carbocycles. The van der Waals surface area contributed by atoms with Crippen LogP contribution in [0.1, 0.15) is 29.5 Å². The first-order chi connectivity index (χ1) is 13.0. The van der Waals surface area contributed by atoms with Crippen molar-refractivity contribution in [1.82, 2.24) is 4.90 Å². The molecule has 1 saturated heterocycles. The molecule has 1 N–H and O–H groups in total. The number of aryl methyl sites for hydroxylation is 2. The van der Waals surface area contributed by atoms with Crippen molar-refractivity contribution in [3.63, 3.8) is 0 Å². The molecule has 0 unspecified atom stereocenters. The highest BCUT2D eigenvalue weighted by molar-refractivity contribution is 5.92. The van der Waals surface area contributed by atoms with Gasteiger partial charge in [0.25, 0.3) is 5.91 Å². The Balaban J connectivity index is 1.55. The molecule has 0 saturated carbocycles. The Bertz CT molecular complexity index is 826. The molecular formula is C22H26N2O3. The largest absolute Gasteiger partial charge is 0.484 e. The van der Waals surface area contributed by atoms with E-state index >= 15 is 0 Å². The van der Waals surface area contributed by atoms with Gasteiger partial charge in [-0.15, -0.1) is 0 Å². The maximum Gasteiger partial charge on any atom is 0.260 e. The number of rotatable bonds is 6. The monoisotopic (exact) mass is 366 g/mol. The van der Waals surface area contributed by atoms with Gasteiger partial charge >= 0.3 is 0 Å². The highest BCUT2D eigenvalue weighted by Gasteiger charge is 2.18. The van der Waals surface area contributed by atoms with Crippen LogP contribution in [0.15, 0.2) is 42.5 Å². The quantitative estimate of drug-likeness (QED) is 0.851. The predicted octanol–water partition coefficient (Wildman–Crippen LogP) is 3.49. The minimum atomic E-state index is -0.0750. The summed E-state index contributed by atoms with van der Waals surface area (Å²) in [5, 5.41) is 2.91. The maximum absolute atomic E-state index is 12.4. The fraction of sp³-hybridized carbons (Fsp3) is 0.364. The summed E-state index contributed by atoms with van der Waals surface area (Å²) in [4.78, 5) is 26.3. The van der Waals surface area contributed by atoms with E-state index in [2.05, 4.69) is 5.32 Å². The average molecular weight is 366 g/mol. The summed E-state index contributed by atoms with van der Waals surface area (Å²) in [5.74, 6) is 0.512. The van der Waals surface area contributed by atoms with Crippen LogP contribution < -0.4 is 10.1 Å². The number of ether oxygens (including phenoxy) is 1. The van der Waals surface area contributed by atoms with E-state index in [4.69, 9.17) is 4.74 Å². The lowest BCUT2D eigenvalue weighted by Crippen LogP contribution is -2.32. The second-order valence-electron chi connectivity index (χ2n) is 7.06. The van der Waals surface area contributed by atoms with Gasteiger partial charge in [-0.05, 0) is 49.9 Å². The van der Waals surface area contributed by atoms with Gasteiger partial charge < -0.3 is 15.0 Å². The second-order valence-corrected chi connectivity index (χ2v) is 7.06. The maximum atomic E-state index is 12.4. The molecule has 27 heavy (non-hydrogen) atoms. The van der Waals surface area contributed by atoms with Crippen LogP contribution in [0.2, 0.25) is 0 Å². The van der Waals surface area contributed by atoms with Gasteiger partial charge in [0.05, 0.1) is 6.42 Å². The number of carbonyl (C=O) groups is 2. The second kappa shape index (κ2) is 8.71. The highest BCUT2D eigenvalue weighted by atomic mass is 16.5. The number of likely N-dealkylation sites (tertiary alicyclic amines) is 1. The minimum absolute atomic E-state index is 0.0110. The normalized spacial score (nSPS) is 13.5. The fourth-order valence-electron chi connectivity index (χ4n) is 3.24. The van der Waals surface area contributed by atoms with Crippen molar-refractivity contribution in [2.24, 2.45) is 0 Å². The predicted molar refractivity (Wildman–Crippen MR) is 106 cm³/mol. The molecule has 142 valence electrons. The summed E-state index contributed by atoms with van der Waals surface area (Å²) in [6.07, 6.45) is 2.45. The van der Waals surface area contributed by atoms with Crippen molar-refractivity contribution in [3.05, 3.63) is 59.2 Å². The Morgan fingerprint density at radius 2 is 1.85 bits per heavy atom. The van der Waals surface area contributed by atoms with Crippen molar-refractivity contribution in [3.8, 4) is 5.75 Å². The first-order valence-corrected chi connectivity index (χ1v) is 9.38. The Hall–Kier alpha value is -2.82. The fourth-order valence-corrected chi connectivity index (χ4v) is 3.24. The van der Waals surface area contributed by atoms with Gasteiger partial charge in [-0.2, -0.15) is 0 Å². The topological polar surface area (TPSA) is 58.6 Å². The Morgan fingerprint density at radius 1 is 1.07 bits per heavy atom. The van der Waals surface area contributed by atoms with Crippen LogP contribution in [0.3, 0.4) is 0 Å². The molecule has 1 heterocycles. The van der Waals surface area contributed by atoms with Crippen LogP contribution in [0, 0.1) is 13.8 Å². The molecule has 5 nitrogen and oxygen atoms in total. The van der Waals surface area contributed by atoms with E-state index in [9.17, 15) is 9.59 Å². The molecule has 0 atom stereocenters. The molecule has 1 aliphatic heterocycles. The third-order valence-electron chi connectivity index (χ3n) is 4.79. The van der Waals surface area contributed by atoms with Crippen molar-refractivity contribution >= 4 is 17.5 Å². The van der Waals surface area contributed by atoms with Gasteiger partial charge in [-0.25, -0.2) is 0 Å². The van der Waals surface area contributed by atoms with Gasteiger partial charge in [0.1, 0.15) is 5.75 Å². The molecule has 0 aromatic heterocycles. The zero-order valence-corrected chi connectivity index (χ0v) is 16.0. The lowest BCUT2D eigenvalue weighted by Gasteiger charge is -2.16. The van der Waals surface area contributed by atoms with E-state index in [0.717, 1.165) is 42.6 Å². The van der Waals surface area contributed by atoms with Crippen molar-refractivity contribution in [1.29, 1.82) is 0 Å². The molecule has 5 heteroatoms. The average Bonchev–Trinajstić information content (AvgIpc) is 3.18. The Labute approximate surface area is 160 Å². The SMILES string of the molecule is Cc1ccc(C)c(CC(=O)Nc2cccc(OCC(=O)N3CCCC3)c2)c1. The smallest absolute Gasteiger partial charge is 0.260 e. The van der Waals surface area contributed by atoms with E-state index in [1.807, 2.05) is 49.1 Å². The molecular weight excluding hydrogens is 340 g/mol. The first kappa shape index (κ1) is 19.0. The molecule has 0 spiro atoms. The lowest BCUT2D eigenvalue weighted by atomic mass is 10.0. The number of carbonyl (C=O) groups excluding carboxylic acids is 2. The van der Waals surface area contributed by atoms with Crippen LogP contribution in [0.5, 0.6) is 5.75 Å². The molecule has 2 aromatic rings. The number of hydrogen-bond acceptors (Lipinski definition) is 3. The van der Waals surface area contributed by atoms with Gasteiger partial charge in [-0.3, -0.25) is 9.59 Å². The van der Waals surface area contributed by atoms with Crippen LogP contribution in [-0.4, -0.2) is 36.4 Å². The minimum Gasteiger partial charge on any atom is -0.484 e. The van der Waals surface area contributed by atoms with Crippen molar-refractivity contribution in [2.45, 2.75) is 33.1 Å². The van der Waals surface area contributed by atoms with Crippen LogP contribution in [-0.2, 0) is 16.0 Å². The molecule has 1 fully saturated rings. The van der Waals surface area contributed by atoms with E-state index in [-0.39, 0.29) is 18.4 Å².